The Balaban J connectivity index is 4.24. The maximum atomic E-state index is 8.70. The van der Waals surface area contributed by atoms with Gasteiger partial charge in [-0.05, 0) is 64.2 Å². The van der Waals surface area contributed by atoms with Crippen molar-refractivity contribution in [2.75, 3.05) is 120 Å². The van der Waals surface area contributed by atoms with Crippen LogP contribution in [0.25, 0.3) is 0 Å². The fourth-order valence-corrected chi connectivity index (χ4v) is 7.42. The van der Waals surface area contributed by atoms with Gasteiger partial charge in [0.25, 0.3) is 0 Å². The Hall–Kier alpha value is -0.880. The Kier molecular flexibility index (Phi) is 52.0. The number of aliphatic hydroxyl groups is 1. The molecule has 0 aromatic rings. The van der Waals surface area contributed by atoms with Crippen LogP contribution in [0.1, 0.15) is 194 Å². The second kappa shape index (κ2) is 52.7. The maximum absolute atomic E-state index is 8.70. The summed E-state index contributed by atoms with van der Waals surface area (Å²) in [5.41, 5.74) is 0. The van der Waals surface area contributed by atoms with Gasteiger partial charge in [0.2, 0.25) is 0 Å². The maximum Gasteiger partial charge on any atom is 0.130 e. The molecule has 0 aromatic heterocycles. The first-order valence-corrected chi connectivity index (χ1v) is 26.4. The highest BCUT2D eigenvalue weighted by Gasteiger charge is 2.23. The van der Waals surface area contributed by atoms with Crippen LogP contribution in [0, 0.1) is 0 Å². The van der Waals surface area contributed by atoms with Crippen LogP contribution < -0.4 is 0 Å². The van der Waals surface area contributed by atoms with Gasteiger partial charge in [-0.3, -0.25) is 0 Å². The lowest BCUT2D eigenvalue weighted by Gasteiger charge is -2.33. The van der Waals surface area contributed by atoms with Gasteiger partial charge in [0.05, 0.1) is 93.4 Å². The van der Waals surface area contributed by atoms with Gasteiger partial charge in [0.15, 0.2) is 0 Å². The lowest BCUT2D eigenvalue weighted by molar-refractivity contribution is -0.894. The van der Waals surface area contributed by atoms with Crippen LogP contribution in [0.15, 0.2) is 24.3 Å². The fraction of sp³-hybridized carbons (Fsp3) is 0.925. The van der Waals surface area contributed by atoms with Gasteiger partial charge >= 0.3 is 0 Å². The normalized spacial score (nSPS) is 12.8. The van der Waals surface area contributed by atoms with Gasteiger partial charge in [0.1, 0.15) is 19.2 Å². The zero-order valence-corrected chi connectivity index (χ0v) is 41.8. The third-order valence-corrected chi connectivity index (χ3v) is 11.4. The van der Waals surface area contributed by atoms with E-state index in [0.29, 0.717) is 72.7 Å². The molecule has 0 saturated heterocycles. The first-order chi connectivity index (χ1) is 30.6. The van der Waals surface area contributed by atoms with Crippen molar-refractivity contribution in [3.05, 3.63) is 24.3 Å². The van der Waals surface area contributed by atoms with E-state index in [1.54, 1.807) is 0 Å². The summed E-state index contributed by atoms with van der Waals surface area (Å²) in [6.45, 7) is 14.0. The van der Waals surface area contributed by atoms with Crippen LogP contribution in [0.4, 0.5) is 0 Å². The number of unbranched alkanes of at least 4 members (excludes halogenated alkanes) is 24. The second-order valence-electron chi connectivity index (χ2n) is 18.1. The number of quaternary nitrogens is 1. The molecular weight excluding hydrogens is 779 g/mol. The number of hydrogen-bond donors (Lipinski definition) is 1. The van der Waals surface area contributed by atoms with Gasteiger partial charge in [-0.15, -0.1) is 0 Å². The molecule has 9 nitrogen and oxygen atoms in total. The third kappa shape index (κ3) is 51.8. The molecule has 1 unspecified atom stereocenters. The van der Waals surface area contributed by atoms with E-state index in [1.165, 1.54) is 167 Å². The lowest BCUT2D eigenvalue weighted by Crippen LogP contribution is -2.49. The van der Waals surface area contributed by atoms with Crippen LogP contribution >= 0.6 is 0 Å². The molecular formula is C53H106NO8+. The van der Waals surface area contributed by atoms with Crippen LogP contribution in [-0.2, 0) is 33.2 Å². The molecule has 1 atom stereocenters. The number of likely N-dealkylation sites (N-methyl/N-ethyl adjacent to an activating group) is 1. The van der Waals surface area contributed by atoms with Crippen molar-refractivity contribution in [3.63, 3.8) is 0 Å². The molecule has 0 rings (SSSR count). The minimum Gasteiger partial charge on any atom is -0.394 e. The van der Waals surface area contributed by atoms with E-state index in [2.05, 4.69) is 52.2 Å². The predicted molar refractivity (Wildman–Crippen MR) is 262 cm³/mol. The smallest absolute Gasteiger partial charge is 0.130 e. The molecule has 0 aliphatic heterocycles. The minimum atomic E-state index is 0.0360. The van der Waals surface area contributed by atoms with E-state index in [0.717, 1.165) is 43.6 Å². The number of allylic oxidation sites excluding steroid dienone is 4. The molecule has 0 heterocycles. The monoisotopic (exact) mass is 885 g/mol. The molecule has 0 aliphatic carbocycles. The van der Waals surface area contributed by atoms with Gasteiger partial charge in [0, 0.05) is 13.2 Å². The largest absolute Gasteiger partial charge is 0.394 e. The highest BCUT2D eigenvalue weighted by atomic mass is 16.6. The van der Waals surface area contributed by atoms with Crippen LogP contribution in [0.2, 0.25) is 0 Å². The standard InChI is InChI=1S/C53H106NO8/c1-5-7-9-11-13-15-17-19-21-23-25-27-29-31-33-35-39-61-52-53(62-40-36-34-32-30-28-26-24-22-20-18-16-14-12-10-8-6-2)51-54(3,4)37-41-56-43-45-58-47-49-60-50-48-59-46-44-57-42-38-55/h19-22,53,55H,5-18,23-52H2,1-4H3/q+1/b21-19-,22-20-. The van der Waals surface area contributed by atoms with Gasteiger partial charge in [-0.2, -0.15) is 0 Å². The van der Waals surface area contributed by atoms with E-state index in [4.69, 9.17) is 38.3 Å². The Morgan fingerprint density at radius 3 is 1.11 bits per heavy atom. The molecule has 0 spiro atoms. The summed E-state index contributed by atoms with van der Waals surface area (Å²) in [5, 5.41) is 8.70. The first-order valence-electron chi connectivity index (χ1n) is 26.4. The molecule has 0 aromatic carbocycles. The van der Waals surface area contributed by atoms with E-state index >= 15 is 0 Å². The van der Waals surface area contributed by atoms with Gasteiger partial charge < -0.3 is 42.7 Å². The third-order valence-electron chi connectivity index (χ3n) is 11.4. The van der Waals surface area contributed by atoms with Gasteiger partial charge in [-0.1, -0.05) is 154 Å². The predicted octanol–water partition coefficient (Wildman–Crippen LogP) is 12.6. The fourth-order valence-electron chi connectivity index (χ4n) is 7.42. The van der Waals surface area contributed by atoms with Gasteiger partial charge in [-0.25, -0.2) is 0 Å². The van der Waals surface area contributed by atoms with E-state index < -0.39 is 0 Å². The molecule has 0 aliphatic rings. The van der Waals surface area contributed by atoms with Crippen molar-refractivity contribution < 1.29 is 42.7 Å². The molecule has 9 heteroatoms. The minimum absolute atomic E-state index is 0.0360. The molecule has 0 radical (unpaired) electrons. The molecule has 0 amide bonds. The lowest BCUT2D eigenvalue weighted by atomic mass is 10.1. The SMILES string of the molecule is CCCCCCCC/C=C\CCCCCCCCOCC(C[N+](C)(C)CCOCCOCCOCCOCCOCCO)OCCCCCCCC/C=C\CCCCCCCC. The van der Waals surface area contributed by atoms with E-state index in [-0.39, 0.29) is 12.7 Å². The zero-order chi connectivity index (χ0) is 45.0. The van der Waals surface area contributed by atoms with Crippen LogP contribution in [0.5, 0.6) is 0 Å². The Labute approximate surface area is 385 Å². The van der Waals surface area contributed by atoms with E-state index in [1.807, 2.05) is 0 Å². The summed E-state index contributed by atoms with van der Waals surface area (Å²) in [6, 6.07) is 0. The number of ether oxygens (including phenoxy) is 7. The number of nitrogens with zero attached hydrogens (tertiary/aromatic N) is 1. The van der Waals surface area contributed by atoms with E-state index in [9.17, 15) is 0 Å². The molecule has 62 heavy (non-hydrogen) atoms. The van der Waals surface area contributed by atoms with Crippen molar-refractivity contribution in [2.24, 2.45) is 0 Å². The molecule has 0 fully saturated rings. The van der Waals surface area contributed by atoms with Crippen molar-refractivity contribution in [3.8, 4) is 0 Å². The van der Waals surface area contributed by atoms with Crippen LogP contribution in [0.3, 0.4) is 0 Å². The number of rotatable bonds is 54. The Morgan fingerprint density at radius 2 is 0.710 bits per heavy atom. The highest BCUT2D eigenvalue weighted by Crippen LogP contribution is 2.13. The second-order valence-corrected chi connectivity index (χ2v) is 18.1. The highest BCUT2D eigenvalue weighted by molar-refractivity contribution is 4.82. The average molecular weight is 885 g/mol. The number of aliphatic hydroxyl groups excluding tert-OH is 1. The molecule has 370 valence electrons. The summed E-state index contributed by atoms with van der Waals surface area (Å²) < 4.78 is 41.3. The summed E-state index contributed by atoms with van der Waals surface area (Å²) >= 11 is 0. The van der Waals surface area contributed by atoms with Crippen molar-refractivity contribution in [1.82, 2.24) is 0 Å². The van der Waals surface area contributed by atoms with Crippen molar-refractivity contribution in [1.29, 1.82) is 0 Å². The number of hydrogen-bond acceptors (Lipinski definition) is 8. The average Bonchev–Trinajstić information content (AvgIpc) is 3.26. The summed E-state index contributed by atoms with van der Waals surface area (Å²) in [7, 11) is 4.54. The summed E-state index contributed by atoms with van der Waals surface area (Å²) in [5.74, 6) is 0. The topological polar surface area (TPSA) is 84.8 Å². The molecule has 0 bridgehead atoms. The Morgan fingerprint density at radius 1 is 0.371 bits per heavy atom. The van der Waals surface area contributed by atoms with Crippen molar-refractivity contribution >= 4 is 0 Å². The summed E-state index contributed by atoms with van der Waals surface area (Å²) in [6.07, 6.45) is 46.7. The first kappa shape index (κ1) is 61.1. The molecule has 0 saturated carbocycles. The zero-order valence-electron chi connectivity index (χ0n) is 41.8. The Bertz CT molecular complexity index is 888. The summed E-state index contributed by atoms with van der Waals surface area (Å²) in [4.78, 5) is 0. The van der Waals surface area contributed by atoms with Crippen LogP contribution in [-0.4, -0.2) is 135 Å². The van der Waals surface area contributed by atoms with Crippen molar-refractivity contribution in [2.45, 2.75) is 200 Å². The quantitative estimate of drug-likeness (QED) is 0.0367. The molecule has 1 N–H and O–H groups in total.